The first-order valence-corrected chi connectivity index (χ1v) is 5.53. The molecule has 1 aliphatic carbocycles. The molecule has 2 rings (SSSR count). The van der Waals surface area contributed by atoms with Crippen LogP contribution in [0.25, 0.3) is 0 Å². The van der Waals surface area contributed by atoms with Crippen molar-refractivity contribution in [2.24, 2.45) is 11.1 Å². The van der Waals surface area contributed by atoms with Gasteiger partial charge in [0.15, 0.2) is 0 Å². The summed E-state index contributed by atoms with van der Waals surface area (Å²) in [5, 5.41) is 0. The molecule has 2 nitrogen and oxygen atoms in total. The van der Waals surface area contributed by atoms with Crippen LogP contribution in [-0.4, -0.2) is 30.1 Å². The van der Waals surface area contributed by atoms with Gasteiger partial charge < -0.3 is 5.73 Å². The van der Waals surface area contributed by atoms with Crippen molar-refractivity contribution in [3.8, 4) is 0 Å². The molecule has 0 aromatic carbocycles. The van der Waals surface area contributed by atoms with E-state index in [1.165, 1.54) is 38.8 Å². The van der Waals surface area contributed by atoms with Gasteiger partial charge in [0.05, 0.1) is 0 Å². The molecule has 1 aliphatic heterocycles. The maximum absolute atomic E-state index is 5.93. The molecule has 1 saturated carbocycles. The lowest BCUT2D eigenvalue weighted by molar-refractivity contribution is -0.0540. The quantitative estimate of drug-likeness (QED) is 0.703. The Balaban J connectivity index is 1.99. The summed E-state index contributed by atoms with van der Waals surface area (Å²) in [6.45, 7) is 8.07. The van der Waals surface area contributed by atoms with Crippen molar-refractivity contribution in [1.29, 1.82) is 0 Å². The molecule has 2 fully saturated rings. The minimum atomic E-state index is 0.398. The van der Waals surface area contributed by atoms with E-state index in [1.54, 1.807) is 0 Å². The molecule has 0 amide bonds. The Morgan fingerprint density at radius 2 is 1.69 bits per heavy atom. The average Bonchev–Trinajstić information content (AvgIpc) is 2.49. The summed E-state index contributed by atoms with van der Waals surface area (Å²) in [7, 11) is 0. The first-order chi connectivity index (χ1) is 6.08. The van der Waals surface area contributed by atoms with Crippen molar-refractivity contribution in [3.05, 3.63) is 0 Å². The Bertz CT molecular complexity index is 184. The maximum Gasteiger partial charge on any atom is 0.0332 e. The number of rotatable bonds is 2. The van der Waals surface area contributed by atoms with Crippen LogP contribution < -0.4 is 5.73 Å². The molecule has 2 heteroatoms. The van der Waals surface area contributed by atoms with Crippen molar-refractivity contribution in [3.63, 3.8) is 0 Å². The van der Waals surface area contributed by atoms with Crippen LogP contribution in [0.3, 0.4) is 0 Å². The lowest BCUT2D eigenvalue weighted by Gasteiger charge is -2.55. The van der Waals surface area contributed by atoms with Gasteiger partial charge in [-0.3, -0.25) is 4.90 Å². The molecule has 1 saturated heterocycles. The smallest absolute Gasteiger partial charge is 0.0332 e. The second kappa shape index (κ2) is 2.96. The Labute approximate surface area is 81.5 Å². The second-order valence-corrected chi connectivity index (χ2v) is 5.66. The summed E-state index contributed by atoms with van der Waals surface area (Å²) in [5.41, 5.74) is 6.87. The highest BCUT2D eigenvalue weighted by Crippen LogP contribution is 2.42. The van der Waals surface area contributed by atoms with Crippen molar-refractivity contribution < 1.29 is 0 Å². The number of nitrogens with two attached hydrogens (primary N) is 1. The number of hydrogen-bond acceptors (Lipinski definition) is 2. The van der Waals surface area contributed by atoms with E-state index in [0.717, 1.165) is 6.54 Å². The summed E-state index contributed by atoms with van der Waals surface area (Å²) in [4.78, 5) is 2.62. The molecule has 0 aromatic heterocycles. The highest BCUT2D eigenvalue weighted by atomic mass is 15.3. The fraction of sp³-hybridized carbons (Fsp3) is 1.00. The zero-order valence-corrected chi connectivity index (χ0v) is 8.97. The lowest BCUT2D eigenvalue weighted by Crippen LogP contribution is -2.65. The van der Waals surface area contributed by atoms with Crippen LogP contribution in [0.5, 0.6) is 0 Å². The number of hydrogen-bond donors (Lipinski definition) is 1. The summed E-state index contributed by atoms with van der Waals surface area (Å²) >= 11 is 0. The molecule has 0 atom stereocenters. The molecule has 1 heterocycles. The normalized spacial score (nSPS) is 31.6. The second-order valence-electron chi connectivity index (χ2n) is 5.66. The largest absolute Gasteiger partial charge is 0.329 e. The molecule has 0 spiro atoms. The van der Waals surface area contributed by atoms with E-state index in [9.17, 15) is 0 Å². The highest BCUT2D eigenvalue weighted by Gasteiger charge is 2.47. The molecule has 13 heavy (non-hydrogen) atoms. The molecular weight excluding hydrogens is 160 g/mol. The third-order valence-corrected chi connectivity index (χ3v) is 3.82. The van der Waals surface area contributed by atoms with Crippen molar-refractivity contribution >= 4 is 0 Å². The summed E-state index contributed by atoms with van der Waals surface area (Å²) in [6, 6.07) is 0. The molecule has 0 aromatic rings. The Morgan fingerprint density at radius 1 is 1.15 bits per heavy atom. The topological polar surface area (TPSA) is 29.3 Å². The molecule has 2 aliphatic rings. The number of likely N-dealkylation sites (tertiary alicyclic amines) is 1. The zero-order valence-electron chi connectivity index (χ0n) is 8.97. The molecule has 2 N–H and O–H groups in total. The van der Waals surface area contributed by atoms with Crippen LogP contribution in [0.15, 0.2) is 0 Å². The fourth-order valence-corrected chi connectivity index (χ4v) is 3.01. The third kappa shape index (κ3) is 1.50. The SMILES string of the molecule is CC1(C)CN(C2(CN)CCCC2)C1. The van der Waals surface area contributed by atoms with Crippen LogP contribution in [0, 0.1) is 5.41 Å². The van der Waals surface area contributed by atoms with Gasteiger partial charge >= 0.3 is 0 Å². The van der Waals surface area contributed by atoms with Gasteiger partial charge in [0.1, 0.15) is 0 Å². The van der Waals surface area contributed by atoms with Gasteiger partial charge in [-0.05, 0) is 18.3 Å². The van der Waals surface area contributed by atoms with Crippen LogP contribution in [-0.2, 0) is 0 Å². The highest BCUT2D eigenvalue weighted by molar-refractivity contribution is 5.03. The first-order valence-electron chi connectivity index (χ1n) is 5.53. The average molecular weight is 182 g/mol. The molecule has 0 radical (unpaired) electrons. The van der Waals surface area contributed by atoms with Crippen molar-refractivity contribution in [2.75, 3.05) is 19.6 Å². The maximum atomic E-state index is 5.93. The Hall–Kier alpha value is -0.0800. The van der Waals surface area contributed by atoms with Crippen LogP contribution in [0.2, 0.25) is 0 Å². The van der Waals surface area contributed by atoms with Crippen LogP contribution >= 0.6 is 0 Å². The van der Waals surface area contributed by atoms with Gasteiger partial charge in [0.2, 0.25) is 0 Å². The minimum Gasteiger partial charge on any atom is -0.329 e. The van der Waals surface area contributed by atoms with Crippen LogP contribution in [0.4, 0.5) is 0 Å². The van der Waals surface area contributed by atoms with Gasteiger partial charge in [-0.1, -0.05) is 26.7 Å². The van der Waals surface area contributed by atoms with E-state index in [2.05, 4.69) is 18.7 Å². The van der Waals surface area contributed by atoms with Gasteiger partial charge in [0.25, 0.3) is 0 Å². The van der Waals surface area contributed by atoms with Crippen molar-refractivity contribution in [2.45, 2.75) is 45.1 Å². The van der Waals surface area contributed by atoms with Crippen LogP contribution in [0.1, 0.15) is 39.5 Å². The standard InChI is InChI=1S/C11H22N2/c1-10(2)8-13(9-10)11(7-12)5-3-4-6-11/h3-9,12H2,1-2H3. The van der Waals surface area contributed by atoms with E-state index in [4.69, 9.17) is 5.73 Å². The molecule has 76 valence electrons. The van der Waals surface area contributed by atoms with E-state index in [-0.39, 0.29) is 0 Å². The van der Waals surface area contributed by atoms with E-state index >= 15 is 0 Å². The summed E-state index contributed by atoms with van der Waals surface area (Å²) in [6.07, 6.45) is 5.43. The Kier molecular flexibility index (Phi) is 2.16. The van der Waals surface area contributed by atoms with Gasteiger partial charge in [-0.15, -0.1) is 0 Å². The summed E-state index contributed by atoms with van der Waals surface area (Å²) in [5.74, 6) is 0. The monoisotopic (exact) mass is 182 g/mol. The molecule has 0 bridgehead atoms. The first kappa shape index (κ1) is 9.47. The van der Waals surface area contributed by atoms with Gasteiger partial charge in [0, 0.05) is 25.2 Å². The van der Waals surface area contributed by atoms with Gasteiger partial charge in [-0.25, -0.2) is 0 Å². The van der Waals surface area contributed by atoms with E-state index < -0.39 is 0 Å². The van der Waals surface area contributed by atoms with Gasteiger partial charge in [-0.2, -0.15) is 0 Å². The zero-order chi connectivity index (χ0) is 9.53. The number of nitrogens with zero attached hydrogens (tertiary/aromatic N) is 1. The minimum absolute atomic E-state index is 0.398. The predicted molar refractivity (Wildman–Crippen MR) is 55.6 cm³/mol. The third-order valence-electron chi connectivity index (χ3n) is 3.82. The molecular formula is C11H22N2. The van der Waals surface area contributed by atoms with E-state index in [0.29, 0.717) is 11.0 Å². The summed E-state index contributed by atoms with van der Waals surface area (Å²) < 4.78 is 0. The van der Waals surface area contributed by atoms with E-state index in [1.807, 2.05) is 0 Å². The molecule has 0 unspecified atom stereocenters. The Morgan fingerprint density at radius 3 is 2.08 bits per heavy atom. The fourth-order valence-electron chi connectivity index (χ4n) is 3.01. The van der Waals surface area contributed by atoms with Crippen molar-refractivity contribution in [1.82, 2.24) is 4.90 Å². The predicted octanol–water partition coefficient (Wildman–Crippen LogP) is 1.60. The lowest BCUT2D eigenvalue weighted by atomic mass is 9.78.